The summed E-state index contributed by atoms with van der Waals surface area (Å²) in [5, 5.41) is 11.5. The fraction of sp³-hybridized carbons (Fsp3) is 0.200. The van der Waals surface area contributed by atoms with Crippen molar-refractivity contribution in [2.75, 3.05) is 16.8 Å². The average Bonchev–Trinajstić information content (AvgIpc) is 2.29. The van der Waals surface area contributed by atoms with E-state index in [0.717, 1.165) is 11.8 Å². The Labute approximate surface area is 126 Å². The van der Waals surface area contributed by atoms with Gasteiger partial charge in [0.25, 0.3) is 0 Å². The van der Waals surface area contributed by atoms with E-state index in [-0.39, 0.29) is 22.4 Å². The lowest BCUT2D eigenvalue weighted by Gasteiger charge is -2.08. The number of carboxylic acids is 1. The van der Waals surface area contributed by atoms with Gasteiger partial charge in [-0.05, 0) is 28.1 Å². The van der Waals surface area contributed by atoms with Gasteiger partial charge in [-0.25, -0.2) is 0 Å². The number of hydrogen-bond acceptors (Lipinski definition) is 3. The van der Waals surface area contributed by atoms with Crippen LogP contribution in [0.3, 0.4) is 0 Å². The zero-order chi connectivity index (χ0) is 13.7. The molecule has 0 bridgehead atoms. The average molecular weight is 373 g/mol. The number of hydrogen-bond donors (Lipinski definition) is 2. The number of carbonyl (C=O) groups excluding carboxylic acids is 1. The molecular formula is C10H8BrCl2NO3S. The fourth-order valence-corrected chi connectivity index (χ4v) is 2.40. The molecule has 4 nitrogen and oxygen atoms in total. The van der Waals surface area contributed by atoms with Gasteiger partial charge in [0.15, 0.2) is 0 Å². The summed E-state index contributed by atoms with van der Waals surface area (Å²) in [6, 6.07) is 3.27. The van der Waals surface area contributed by atoms with Crippen molar-refractivity contribution in [3.05, 3.63) is 26.7 Å². The molecule has 8 heteroatoms. The molecule has 0 fully saturated rings. The van der Waals surface area contributed by atoms with E-state index in [0.29, 0.717) is 15.2 Å². The minimum atomic E-state index is -0.961. The Morgan fingerprint density at radius 3 is 2.56 bits per heavy atom. The molecule has 1 amide bonds. The molecule has 0 radical (unpaired) electrons. The lowest BCUT2D eigenvalue weighted by Crippen LogP contribution is -2.15. The summed E-state index contributed by atoms with van der Waals surface area (Å²) in [4.78, 5) is 21.8. The van der Waals surface area contributed by atoms with Crippen LogP contribution in [0.5, 0.6) is 0 Å². The van der Waals surface area contributed by atoms with Crippen molar-refractivity contribution in [3.8, 4) is 0 Å². The normalized spacial score (nSPS) is 10.2. The van der Waals surface area contributed by atoms with Crippen molar-refractivity contribution in [2.24, 2.45) is 0 Å². The summed E-state index contributed by atoms with van der Waals surface area (Å²) in [5.41, 5.74) is 0.394. The Bertz CT molecular complexity index is 484. The maximum Gasteiger partial charge on any atom is 0.313 e. The molecule has 1 aromatic carbocycles. The van der Waals surface area contributed by atoms with Crippen LogP contribution in [0, 0.1) is 0 Å². The summed E-state index contributed by atoms with van der Waals surface area (Å²) in [6.45, 7) is 0. The van der Waals surface area contributed by atoms with Crippen LogP contribution in [0.4, 0.5) is 5.69 Å². The monoisotopic (exact) mass is 371 g/mol. The number of carbonyl (C=O) groups is 2. The second-order valence-corrected chi connectivity index (χ2v) is 5.75. The quantitative estimate of drug-likeness (QED) is 0.776. The fourth-order valence-electron chi connectivity index (χ4n) is 1.04. The predicted octanol–water partition coefficient (Wildman–Crippen LogP) is 3.51. The molecule has 0 aliphatic carbocycles. The highest BCUT2D eigenvalue weighted by Gasteiger charge is 2.11. The number of thioether (sulfide) groups is 1. The van der Waals surface area contributed by atoms with Gasteiger partial charge in [0, 0.05) is 4.47 Å². The third kappa shape index (κ3) is 4.68. The van der Waals surface area contributed by atoms with Crippen molar-refractivity contribution in [1.82, 2.24) is 0 Å². The van der Waals surface area contributed by atoms with Gasteiger partial charge in [-0.15, -0.1) is 11.8 Å². The molecule has 18 heavy (non-hydrogen) atoms. The van der Waals surface area contributed by atoms with Crippen LogP contribution in [0.15, 0.2) is 16.6 Å². The first-order valence-electron chi connectivity index (χ1n) is 4.64. The van der Waals surface area contributed by atoms with Crippen LogP contribution < -0.4 is 5.32 Å². The van der Waals surface area contributed by atoms with Crippen molar-refractivity contribution in [1.29, 1.82) is 0 Å². The SMILES string of the molecule is O=C(O)CSCC(=O)Nc1ccc(Br)c(Cl)c1Cl. The predicted molar refractivity (Wildman–Crippen MR) is 77.8 cm³/mol. The number of amides is 1. The van der Waals surface area contributed by atoms with Gasteiger partial charge in [-0.2, -0.15) is 0 Å². The Hall–Kier alpha value is -0.430. The van der Waals surface area contributed by atoms with Gasteiger partial charge in [0.1, 0.15) is 0 Å². The van der Waals surface area contributed by atoms with Crippen LogP contribution in [-0.2, 0) is 9.59 Å². The number of halogens is 3. The van der Waals surface area contributed by atoms with Crippen molar-refractivity contribution >= 4 is 68.5 Å². The summed E-state index contributed by atoms with van der Waals surface area (Å²) < 4.78 is 0.632. The van der Waals surface area contributed by atoms with Crippen LogP contribution >= 0.6 is 50.9 Å². The first kappa shape index (κ1) is 15.6. The van der Waals surface area contributed by atoms with Crippen LogP contribution in [-0.4, -0.2) is 28.5 Å². The van der Waals surface area contributed by atoms with Crippen LogP contribution in [0.25, 0.3) is 0 Å². The summed E-state index contributed by atoms with van der Waals surface area (Å²) in [6.07, 6.45) is 0. The standard InChI is InChI=1S/C10H8BrCl2NO3S/c11-5-1-2-6(10(13)9(5)12)14-7(15)3-18-4-8(16)17/h1-2H,3-4H2,(H,14,15)(H,16,17). The third-order valence-electron chi connectivity index (χ3n) is 1.77. The lowest BCUT2D eigenvalue weighted by atomic mass is 10.3. The molecule has 0 heterocycles. The van der Waals surface area contributed by atoms with Gasteiger partial charge < -0.3 is 10.4 Å². The molecule has 2 N–H and O–H groups in total. The van der Waals surface area contributed by atoms with E-state index in [1.165, 1.54) is 0 Å². The van der Waals surface area contributed by atoms with E-state index in [2.05, 4.69) is 21.2 Å². The van der Waals surface area contributed by atoms with Gasteiger partial charge in [0.2, 0.25) is 5.91 Å². The Balaban J connectivity index is 2.60. The maximum absolute atomic E-state index is 11.5. The van der Waals surface area contributed by atoms with E-state index < -0.39 is 5.97 Å². The van der Waals surface area contributed by atoms with Crippen molar-refractivity contribution in [2.45, 2.75) is 0 Å². The summed E-state index contributed by atoms with van der Waals surface area (Å²) in [5.74, 6) is -1.38. The van der Waals surface area contributed by atoms with Crippen molar-refractivity contribution in [3.63, 3.8) is 0 Å². The molecule has 98 valence electrons. The van der Waals surface area contributed by atoms with Gasteiger partial charge in [-0.1, -0.05) is 23.2 Å². The Kier molecular flexibility index (Phi) is 6.28. The maximum atomic E-state index is 11.5. The highest BCUT2D eigenvalue weighted by Crippen LogP contribution is 2.35. The topological polar surface area (TPSA) is 66.4 Å². The molecule has 0 unspecified atom stereocenters. The summed E-state index contributed by atoms with van der Waals surface area (Å²) >= 11 is 16.1. The molecule has 0 aromatic heterocycles. The van der Waals surface area contributed by atoms with Gasteiger partial charge in [0.05, 0.1) is 27.2 Å². The molecule has 1 rings (SSSR count). The first-order chi connectivity index (χ1) is 8.41. The lowest BCUT2D eigenvalue weighted by molar-refractivity contribution is -0.133. The van der Waals surface area contributed by atoms with E-state index in [4.69, 9.17) is 28.3 Å². The number of carboxylic acid groups (broad SMARTS) is 1. The number of anilines is 1. The molecule has 0 saturated carbocycles. The molecule has 0 spiro atoms. The zero-order valence-corrected chi connectivity index (χ0v) is 12.8. The molecule has 0 aliphatic heterocycles. The number of benzene rings is 1. The Morgan fingerprint density at radius 2 is 1.94 bits per heavy atom. The van der Waals surface area contributed by atoms with Crippen LogP contribution in [0.1, 0.15) is 0 Å². The van der Waals surface area contributed by atoms with Crippen molar-refractivity contribution < 1.29 is 14.7 Å². The van der Waals surface area contributed by atoms with E-state index in [9.17, 15) is 9.59 Å². The highest BCUT2D eigenvalue weighted by molar-refractivity contribution is 9.10. The third-order valence-corrected chi connectivity index (χ3v) is 4.46. The number of aliphatic carboxylic acids is 1. The molecule has 0 atom stereocenters. The molecule has 0 aliphatic rings. The molecule has 0 saturated heterocycles. The van der Waals surface area contributed by atoms with E-state index in [1.54, 1.807) is 12.1 Å². The van der Waals surface area contributed by atoms with Gasteiger partial charge >= 0.3 is 5.97 Å². The smallest absolute Gasteiger partial charge is 0.313 e. The Morgan fingerprint density at radius 1 is 1.28 bits per heavy atom. The molecule has 1 aromatic rings. The van der Waals surface area contributed by atoms with E-state index >= 15 is 0 Å². The summed E-state index contributed by atoms with van der Waals surface area (Å²) in [7, 11) is 0. The van der Waals surface area contributed by atoms with Gasteiger partial charge in [-0.3, -0.25) is 9.59 Å². The largest absolute Gasteiger partial charge is 0.481 e. The highest BCUT2D eigenvalue weighted by atomic mass is 79.9. The van der Waals surface area contributed by atoms with E-state index in [1.807, 2.05) is 0 Å². The molecular weight excluding hydrogens is 365 g/mol. The second kappa shape index (κ2) is 7.23. The number of rotatable bonds is 5. The zero-order valence-electron chi connectivity index (χ0n) is 8.87. The minimum Gasteiger partial charge on any atom is -0.481 e. The second-order valence-electron chi connectivity index (χ2n) is 3.16. The minimum absolute atomic E-state index is 0.0380. The van der Waals surface area contributed by atoms with Crippen LogP contribution in [0.2, 0.25) is 10.0 Å². The first-order valence-corrected chi connectivity index (χ1v) is 7.35. The number of nitrogens with one attached hydrogen (secondary N) is 1.